The number of hydrogen-bond acceptors (Lipinski definition) is 5. The predicted octanol–water partition coefficient (Wildman–Crippen LogP) is 4.29. The highest BCUT2D eigenvalue weighted by Gasteiger charge is 2.52. The van der Waals surface area contributed by atoms with E-state index >= 15 is 0 Å². The molecule has 2 aromatic rings. The molecule has 0 spiro atoms. The molecule has 4 unspecified atom stereocenters. The Bertz CT molecular complexity index is 1010. The molecule has 0 radical (unpaired) electrons. The number of ether oxygens (including phenoxy) is 1. The number of hydrogen-bond donors (Lipinski definition) is 2. The Morgan fingerprint density at radius 1 is 0.879 bits per heavy atom. The number of anilines is 1. The summed E-state index contributed by atoms with van der Waals surface area (Å²) in [6, 6.07) is 8.30. The minimum atomic E-state index is 0.303. The summed E-state index contributed by atoms with van der Waals surface area (Å²) < 4.78 is 7.14. The molecule has 0 amide bonds. The number of piperazine rings is 1. The summed E-state index contributed by atoms with van der Waals surface area (Å²) in [5, 5.41) is 21.9. The third-order valence-corrected chi connectivity index (χ3v) is 8.68. The molecule has 2 N–H and O–H groups in total. The highest BCUT2D eigenvalue weighted by Crippen LogP contribution is 2.64. The van der Waals surface area contributed by atoms with Crippen LogP contribution in [0.4, 0.5) is 5.69 Å². The molecule has 5 aliphatic rings. The second-order valence-electron chi connectivity index (χ2n) is 10.2. The lowest BCUT2D eigenvalue weighted by Gasteiger charge is -2.51. The van der Waals surface area contributed by atoms with Crippen LogP contribution in [0.3, 0.4) is 0 Å². The molecule has 7 rings (SSSR count). The van der Waals surface area contributed by atoms with Gasteiger partial charge in [-0.2, -0.15) is 0 Å². The van der Waals surface area contributed by atoms with Gasteiger partial charge >= 0.3 is 0 Å². The number of benzene rings is 1. The Hall–Kier alpha value is -2.60. The number of nitrogens with zero attached hydrogens (tertiary/aromatic N) is 3. The van der Waals surface area contributed by atoms with Crippen molar-refractivity contribution in [2.45, 2.75) is 44.1 Å². The Morgan fingerprint density at radius 3 is 2.12 bits per heavy atom. The van der Waals surface area contributed by atoms with Crippen molar-refractivity contribution in [3.63, 3.8) is 0 Å². The fraction of sp³-hybridized carbons (Fsp3) is 0.556. The maximum atomic E-state index is 11.0. The Balaban J connectivity index is 1.02. The van der Waals surface area contributed by atoms with E-state index in [9.17, 15) is 10.2 Å². The highest BCUT2D eigenvalue weighted by atomic mass is 16.5. The van der Waals surface area contributed by atoms with E-state index in [2.05, 4.69) is 40.2 Å². The lowest BCUT2D eigenvalue weighted by molar-refractivity contribution is 0.114. The number of aromatic nitrogens is 1. The lowest BCUT2D eigenvalue weighted by Crippen LogP contribution is -2.46. The average molecular weight is 450 g/mol. The number of aromatic hydroxyl groups is 2. The standard InChI is InChI=1S/C27H35N3O3/c1-33-19-6-4-5-18(17-19)29-15-13-28(14-16-29)11-2-3-12-30-26(31)24-22-9-10-23(25(24)27(30)32)21-8-7-20(21)22/h4-6,9-10,17,20-23,31-32H,2-3,7-8,11-16H2,1H3. The van der Waals surface area contributed by atoms with Gasteiger partial charge in [-0.05, 0) is 56.2 Å². The largest absolute Gasteiger partial charge is 0.497 e. The topological polar surface area (TPSA) is 61.1 Å². The van der Waals surface area contributed by atoms with Crippen molar-refractivity contribution in [1.82, 2.24) is 9.47 Å². The number of methoxy groups -OCH3 is 1. The predicted molar refractivity (Wildman–Crippen MR) is 129 cm³/mol. The van der Waals surface area contributed by atoms with Gasteiger partial charge in [0, 0.05) is 67.4 Å². The fourth-order valence-corrected chi connectivity index (χ4v) is 6.73. The summed E-state index contributed by atoms with van der Waals surface area (Å²) in [4.78, 5) is 4.95. The van der Waals surface area contributed by atoms with Crippen molar-refractivity contribution in [3.8, 4) is 17.5 Å². The molecular weight excluding hydrogens is 414 g/mol. The molecule has 176 valence electrons. The van der Waals surface area contributed by atoms with Gasteiger partial charge in [0.15, 0.2) is 11.8 Å². The van der Waals surface area contributed by atoms with Crippen LogP contribution in [-0.4, -0.2) is 59.5 Å². The van der Waals surface area contributed by atoms with E-state index in [1.54, 1.807) is 11.7 Å². The SMILES string of the molecule is COc1cccc(N2CCN(CCCCn3c(O)c4c(c3O)C3C=CC4C4CCC34)CC2)c1. The van der Waals surface area contributed by atoms with E-state index in [0.29, 0.717) is 42.0 Å². The first-order valence-corrected chi connectivity index (χ1v) is 12.6. The van der Waals surface area contributed by atoms with E-state index in [0.717, 1.165) is 62.4 Å². The zero-order chi connectivity index (χ0) is 22.5. The van der Waals surface area contributed by atoms with Crippen molar-refractivity contribution < 1.29 is 14.9 Å². The van der Waals surface area contributed by atoms with Crippen LogP contribution in [0.15, 0.2) is 36.4 Å². The van der Waals surface area contributed by atoms with Crippen LogP contribution in [0.5, 0.6) is 17.5 Å². The van der Waals surface area contributed by atoms with Gasteiger partial charge in [-0.15, -0.1) is 0 Å². The van der Waals surface area contributed by atoms with Gasteiger partial charge in [0.2, 0.25) is 0 Å². The molecule has 2 heterocycles. The van der Waals surface area contributed by atoms with Crippen molar-refractivity contribution in [2.24, 2.45) is 11.8 Å². The third-order valence-electron chi connectivity index (χ3n) is 8.68. The first-order valence-electron chi connectivity index (χ1n) is 12.6. The van der Waals surface area contributed by atoms with Gasteiger partial charge < -0.3 is 19.8 Å². The molecular formula is C27H35N3O3. The van der Waals surface area contributed by atoms with Crippen LogP contribution >= 0.6 is 0 Å². The normalized spacial score (nSPS) is 27.8. The Morgan fingerprint density at radius 2 is 1.52 bits per heavy atom. The highest BCUT2D eigenvalue weighted by molar-refractivity contribution is 5.58. The summed E-state index contributed by atoms with van der Waals surface area (Å²) in [6.45, 7) is 5.91. The van der Waals surface area contributed by atoms with E-state index in [4.69, 9.17) is 4.74 Å². The molecule has 1 saturated carbocycles. The molecule has 4 aliphatic carbocycles. The van der Waals surface area contributed by atoms with Crippen molar-refractivity contribution in [1.29, 1.82) is 0 Å². The molecule has 1 aliphatic heterocycles. The van der Waals surface area contributed by atoms with E-state index < -0.39 is 0 Å². The minimum Gasteiger partial charge on any atom is -0.497 e. The number of rotatable bonds is 7. The zero-order valence-electron chi connectivity index (χ0n) is 19.5. The van der Waals surface area contributed by atoms with Gasteiger partial charge in [0.1, 0.15) is 5.75 Å². The quantitative estimate of drug-likeness (QED) is 0.488. The van der Waals surface area contributed by atoms with Gasteiger partial charge in [0.05, 0.1) is 7.11 Å². The molecule has 2 fully saturated rings. The van der Waals surface area contributed by atoms with Gasteiger partial charge in [-0.25, -0.2) is 0 Å². The van der Waals surface area contributed by atoms with E-state index in [1.807, 2.05) is 6.07 Å². The first kappa shape index (κ1) is 21.0. The molecule has 6 heteroatoms. The molecule has 1 aromatic heterocycles. The molecule has 1 aromatic carbocycles. The third kappa shape index (κ3) is 3.41. The molecule has 4 atom stereocenters. The monoisotopic (exact) mass is 449 g/mol. The minimum absolute atomic E-state index is 0.303. The number of allylic oxidation sites excluding steroid dienone is 2. The molecule has 1 saturated heterocycles. The maximum Gasteiger partial charge on any atom is 0.198 e. The average Bonchev–Trinajstić information content (AvgIpc) is 3.08. The first-order chi connectivity index (χ1) is 16.2. The summed E-state index contributed by atoms with van der Waals surface area (Å²) in [7, 11) is 1.71. The smallest absolute Gasteiger partial charge is 0.198 e. The molecule has 33 heavy (non-hydrogen) atoms. The maximum absolute atomic E-state index is 11.0. The number of unbranched alkanes of at least 4 members (excludes halogenated alkanes) is 1. The Labute approximate surface area is 196 Å². The van der Waals surface area contributed by atoms with Crippen molar-refractivity contribution >= 4 is 5.69 Å². The van der Waals surface area contributed by atoms with E-state index in [-0.39, 0.29) is 0 Å². The zero-order valence-corrected chi connectivity index (χ0v) is 19.5. The van der Waals surface area contributed by atoms with Crippen LogP contribution in [-0.2, 0) is 6.54 Å². The van der Waals surface area contributed by atoms with Crippen LogP contribution in [0, 0.1) is 11.8 Å². The summed E-state index contributed by atoms with van der Waals surface area (Å²) in [5.41, 5.74) is 3.28. The van der Waals surface area contributed by atoms with Crippen LogP contribution < -0.4 is 9.64 Å². The van der Waals surface area contributed by atoms with Crippen molar-refractivity contribution in [2.75, 3.05) is 44.7 Å². The van der Waals surface area contributed by atoms with Gasteiger partial charge in [-0.3, -0.25) is 9.47 Å². The summed E-state index contributed by atoms with van der Waals surface area (Å²) in [6.07, 6.45) is 9.10. The van der Waals surface area contributed by atoms with Gasteiger partial charge in [0.25, 0.3) is 0 Å². The van der Waals surface area contributed by atoms with Crippen LogP contribution in [0.25, 0.3) is 0 Å². The van der Waals surface area contributed by atoms with Crippen molar-refractivity contribution in [3.05, 3.63) is 47.5 Å². The molecule has 6 nitrogen and oxygen atoms in total. The second kappa shape index (κ2) is 8.32. The lowest BCUT2D eigenvalue weighted by atomic mass is 9.52. The Kier molecular flexibility index (Phi) is 5.28. The van der Waals surface area contributed by atoms with Crippen LogP contribution in [0.1, 0.15) is 48.6 Å². The summed E-state index contributed by atoms with van der Waals surface area (Å²) >= 11 is 0. The summed E-state index contributed by atoms with van der Waals surface area (Å²) in [5.74, 6) is 3.49. The van der Waals surface area contributed by atoms with E-state index in [1.165, 1.54) is 18.5 Å². The van der Waals surface area contributed by atoms with Gasteiger partial charge in [-0.1, -0.05) is 18.2 Å². The molecule has 2 bridgehead atoms. The fourth-order valence-electron chi connectivity index (χ4n) is 6.73. The second-order valence-corrected chi connectivity index (χ2v) is 10.2. The van der Waals surface area contributed by atoms with Crippen LogP contribution in [0.2, 0.25) is 0 Å².